The fraction of sp³-hybridized carbons (Fsp3) is 0.471. The number of aryl methyl sites for hydroxylation is 1. The van der Waals surface area contributed by atoms with Crippen LogP contribution in [0.5, 0.6) is 0 Å². The number of halogens is 1. The SMILES string of the molecule is Cl.NC1CCC(NC(=O)CCn2cnc3ccccc3c2=O)CC1. The predicted molar refractivity (Wildman–Crippen MR) is 96.2 cm³/mol. The molecule has 3 rings (SSSR count). The van der Waals surface area contributed by atoms with Gasteiger partial charge in [0, 0.05) is 25.0 Å². The Bertz CT molecular complexity index is 754. The van der Waals surface area contributed by atoms with E-state index in [1.54, 1.807) is 6.07 Å². The van der Waals surface area contributed by atoms with Crippen LogP contribution in [0.25, 0.3) is 10.9 Å². The topological polar surface area (TPSA) is 90.0 Å². The first kappa shape index (κ1) is 18.4. The third-order valence-electron chi connectivity index (χ3n) is 4.45. The molecule has 130 valence electrons. The third-order valence-corrected chi connectivity index (χ3v) is 4.45. The first-order valence-electron chi connectivity index (χ1n) is 8.12. The molecular weight excluding hydrogens is 328 g/mol. The number of hydrogen-bond donors (Lipinski definition) is 2. The molecule has 0 spiro atoms. The van der Waals surface area contributed by atoms with Crippen molar-refractivity contribution < 1.29 is 4.79 Å². The minimum Gasteiger partial charge on any atom is -0.353 e. The zero-order chi connectivity index (χ0) is 16.2. The number of nitrogens with zero attached hydrogens (tertiary/aromatic N) is 2. The maximum absolute atomic E-state index is 12.3. The van der Waals surface area contributed by atoms with Crippen molar-refractivity contribution in [3.05, 3.63) is 40.9 Å². The Labute approximate surface area is 146 Å². The standard InChI is InChI=1S/C17H22N4O2.ClH/c18-12-5-7-13(8-6-12)20-16(22)9-10-21-11-19-15-4-2-1-3-14(15)17(21)23;/h1-4,11-13H,5-10,18H2,(H,20,22);1H. The Balaban J connectivity index is 0.00000208. The number of carbonyl (C=O) groups excluding carboxylic acids is 1. The number of hydrogen-bond acceptors (Lipinski definition) is 4. The first-order chi connectivity index (χ1) is 11.1. The normalized spacial score (nSPS) is 20.4. The van der Waals surface area contributed by atoms with E-state index in [0.29, 0.717) is 17.4 Å². The quantitative estimate of drug-likeness (QED) is 0.876. The van der Waals surface area contributed by atoms with E-state index < -0.39 is 0 Å². The van der Waals surface area contributed by atoms with Crippen molar-refractivity contribution in [2.24, 2.45) is 5.73 Å². The number of fused-ring (bicyclic) bond motifs is 1. The summed E-state index contributed by atoms with van der Waals surface area (Å²) in [6.07, 6.45) is 5.58. The summed E-state index contributed by atoms with van der Waals surface area (Å²) in [5, 5.41) is 3.62. The van der Waals surface area contributed by atoms with Crippen LogP contribution in [-0.2, 0) is 11.3 Å². The number of rotatable bonds is 4. The highest BCUT2D eigenvalue weighted by Crippen LogP contribution is 2.16. The Morgan fingerprint density at radius 1 is 1.25 bits per heavy atom. The molecule has 0 radical (unpaired) electrons. The Hall–Kier alpha value is -1.92. The molecule has 6 nitrogen and oxygen atoms in total. The number of para-hydroxylation sites is 1. The lowest BCUT2D eigenvalue weighted by atomic mass is 9.92. The van der Waals surface area contributed by atoms with Crippen molar-refractivity contribution in [2.45, 2.75) is 50.7 Å². The maximum atomic E-state index is 12.3. The smallest absolute Gasteiger partial charge is 0.261 e. The highest BCUT2D eigenvalue weighted by atomic mass is 35.5. The molecular formula is C17H23ClN4O2. The van der Waals surface area contributed by atoms with Crippen LogP contribution in [0.2, 0.25) is 0 Å². The second-order valence-corrected chi connectivity index (χ2v) is 6.19. The van der Waals surface area contributed by atoms with Gasteiger partial charge in [0.25, 0.3) is 5.56 Å². The zero-order valence-electron chi connectivity index (χ0n) is 13.5. The summed E-state index contributed by atoms with van der Waals surface area (Å²) in [6, 6.07) is 7.71. The van der Waals surface area contributed by atoms with E-state index in [2.05, 4.69) is 10.3 Å². The molecule has 0 atom stereocenters. The van der Waals surface area contributed by atoms with Crippen LogP contribution in [-0.4, -0.2) is 27.5 Å². The number of amides is 1. The molecule has 1 amide bonds. The van der Waals surface area contributed by atoms with E-state index in [4.69, 9.17) is 5.73 Å². The van der Waals surface area contributed by atoms with Gasteiger partial charge in [0.1, 0.15) is 0 Å². The van der Waals surface area contributed by atoms with Crippen LogP contribution in [0, 0.1) is 0 Å². The Kier molecular flexibility index (Phi) is 6.34. The van der Waals surface area contributed by atoms with E-state index in [-0.39, 0.29) is 42.4 Å². The second-order valence-electron chi connectivity index (χ2n) is 6.19. The second kappa shape index (κ2) is 8.26. The van der Waals surface area contributed by atoms with E-state index in [1.807, 2.05) is 18.2 Å². The van der Waals surface area contributed by atoms with Crippen molar-refractivity contribution in [1.82, 2.24) is 14.9 Å². The van der Waals surface area contributed by atoms with Crippen molar-refractivity contribution in [3.8, 4) is 0 Å². The van der Waals surface area contributed by atoms with Gasteiger partial charge in [-0.2, -0.15) is 0 Å². The van der Waals surface area contributed by atoms with Gasteiger partial charge < -0.3 is 11.1 Å². The van der Waals surface area contributed by atoms with E-state index in [0.717, 1.165) is 25.7 Å². The van der Waals surface area contributed by atoms with Crippen LogP contribution in [0.3, 0.4) is 0 Å². The molecule has 1 heterocycles. The van der Waals surface area contributed by atoms with Gasteiger partial charge >= 0.3 is 0 Å². The van der Waals surface area contributed by atoms with Crippen LogP contribution < -0.4 is 16.6 Å². The monoisotopic (exact) mass is 350 g/mol. The number of nitrogens with one attached hydrogen (secondary N) is 1. The molecule has 1 aromatic heterocycles. The minimum atomic E-state index is -0.105. The van der Waals surface area contributed by atoms with Gasteiger partial charge in [0.2, 0.25) is 5.91 Å². The van der Waals surface area contributed by atoms with Gasteiger partial charge in [-0.25, -0.2) is 4.98 Å². The molecule has 1 aromatic carbocycles. The summed E-state index contributed by atoms with van der Waals surface area (Å²) in [5.74, 6) is -0.0227. The average Bonchev–Trinajstić information content (AvgIpc) is 2.57. The van der Waals surface area contributed by atoms with Crippen molar-refractivity contribution in [1.29, 1.82) is 0 Å². The van der Waals surface area contributed by atoms with Gasteiger partial charge in [-0.3, -0.25) is 14.2 Å². The van der Waals surface area contributed by atoms with Crippen molar-refractivity contribution >= 4 is 29.2 Å². The summed E-state index contributed by atoms with van der Waals surface area (Å²) in [5.41, 5.74) is 6.44. The van der Waals surface area contributed by atoms with Crippen LogP contribution in [0.4, 0.5) is 0 Å². The summed E-state index contributed by atoms with van der Waals surface area (Å²) >= 11 is 0. The van der Waals surface area contributed by atoms with Crippen LogP contribution in [0.15, 0.2) is 35.4 Å². The largest absolute Gasteiger partial charge is 0.353 e. The van der Waals surface area contributed by atoms with Crippen LogP contribution >= 0.6 is 12.4 Å². The van der Waals surface area contributed by atoms with Gasteiger partial charge in [-0.15, -0.1) is 12.4 Å². The van der Waals surface area contributed by atoms with Crippen molar-refractivity contribution in [3.63, 3.8) is 0 Å². The number of benzene rings is 1. The molecule has 1 aliphatic rings. The zero-order valence-corrected chi connectivity index (χ0v) is 14.3. The third kappa shape index (κ3) is 4.33. The molecule has 24 heavy (non-hydrogen) atoms. The summed E-state index contributed by atoms with van der Waals surface area (Å²) < 4.78 is 1.50. The number of carbonyl (C=O) groups is 1. The number of nitrogens with two attached hydrogens (primary N) is 1. The van der Waals surface area contributed by atoms with Gasteiger partial charge in [-0.1, -0.05) is 12.1 Å². The first-order valence-corrected chi connectivity index (χ1v) is 8.12. The van der Waals surface area contributed by atoms with Gasteiger partial charge in [0.15, 0.2) is 0 Å². The lowest BCUT2D eigenvalue weighted by molar-refractivity contribution is -0.122. The average molecular weight is 351 g/mol. The summed E-state index contributed by atoms with van der Waals surface area (Å²) in [7, 11) is 0. The van der Waals surface area contributed by atoms with Gasteiger partial charge in [0.05, 0.1) is 17.2 Å². The van der Waals surface area contributed by atoms with Gasteiger partial charge in [-0.05, 0) is 37.8 Å². The molecule has 3 N–H and O–H groups in total. The molecule has 1 aliphatic carbocycles. The molecule has 1 fully saturated rings. The fourth-order valence-corrected chi connectivity index (χ4v) is 3.05. The van der Waals surface area contributed by atoms with E-state index in [9.17, 15) is 9.59 Å². The lowest BCUT2D eigenvalue weighted by Crippen LogP contribution is -2.40. The van der Waals surface area contributed by atoms with E-state index in [1.165, 1.54) is 10.9 Å². The van der Waals surface area contributed by atoms with Crippen LogP contribution in [0.1, 0.15) is 32.1 Å². The lowest BCUT2D eigenvalue weighted by Gasteiger charge is -2.26. The molecule has 0 unspecified atom stereocenters. The summed E-state index contributed by atoms with van der Waals surface area (Å²) in [4.78, 5) is 28.7. The molecule has 7 heteroatoms. The molecule has 1 saturated carbocycles. The number of aromatic nitrogens is 2. The maximum Gasteiger partial charge on any atom is 0.261 e. The minimum absolute atomic E-state index is 0. The molecule has 2 aromatic rings. The molecule has 0 saturated heterocycles. The Morgan fingerprint density at radius 2 is 1.96 bits per heavy atom. The highest BCUT2D eigenvalue weighted by molar-refractivity contribution is 5.85. The van der Waals surface area contributed by atoms with E-state index >= 15 is 0 Å². The Morgan fingerprint density at radius 3 is 2.71 bits per heavy atom. The summed E-state index contributed by atoms with van der Waals surface area (Å²) in [6.45, 7) is 0.342. The fourth-order valence-electron chi connectivity index (χ4n) is 3.05. The molecule has 0 bridgehead atoms. The highest BCUT2D eigenvalue weighted by Gasteiger charge is 2.19. The predicted octanol–water partition coefficient (Wildman–Crippen LogP) is 1.59. The van der Waals surface area contributed by atoms with Crippen molar-refractivity contribution in [2.75, 3.05) is 0 Å². The molecule has 0 aliphatic heterocycles.